The van der Waals surface area contributed by atoms with Crippen LogP contribution in [0.15, 0.2) is 0 Å². The van der Waals surface area contributed by atoms with Crippen molar-refractivity contribution in [1.29, 1.82) is 0 Å². The predicted octanol–water partition coefficient (Wildman–Crippen LogP) is 3.09. The maximum absolute atomic E-state index is 5.05. The Bertz CT molecular complexity index is 26.0. The normalized spacial score (nSPS) is 8.00. The van der Waals surface area contributed by atoms with Gasteiger partial charge < -0.3 is 4.74 Å². The van der Waals surface area contributed by atoms with Gasteiger partial charge in [0.05, 0.1) is 6.10 Å². The van der Waals surface area contributed by atoms with E-state index in [4.69, 9.17) is 4.74 Å². The minimum atomic E-state index is 0. The second-order valence-electron chi connectivity index (χ2n) is 1.67. The van der Waals surface area contributed by atoms with Crippen molar-refractivity contribution >= 4 is 0 Å². The minimum absolute atomic E-state index is 0. The van der Waals surface area contributed by atoms with Gasteiger partial charge in [0.2, 0.25) is 0 Å². The van der Waals surface area contributed by atoms with Gasteiger partial charge in [0, 0.05) is 7.11 Å². The quantitative estimate of drug-likeness (QED) is 0.576. The molecule has 0 amide bonds. The molecule has 0 rings (SSSR count). The van der Waals surface area contributed by atoms with Crippen molar-refractivity contribution in [3.8, 4) is 0 Å². The summed E-state index contributed by atoms with van der Waals surface area (Å²) in [4.78, 5) is 0. The van der Waals surface area contributed by atoms with Crippen molar-refractivity contribution in [3.05, 3.63) is 0 Å². The maximum Gasteiger partial charge on any atom is 0.0566 e. The van der Waals surface area contributed by atoms with E-state index in [9.17, 15) is 0 Å². The molecule has 1 heteroatoms. The molecule has 0 bridgehead atoms. The lowest BCUT2D eigenvalue weighted by Crippen LogP contribution is -2.05. The highest BCUT2D eigenvalue weighted by Gasteiger charge is 1.96. The van der Waals surface area contributed by atoms with Gasteiger partial charge in [-0.2, -0.15) is 0 Å². The van der Waals surface area contributed by atoms with Gasteiger partial charge in [-0.15, -0.1) is 0 Å². The molecule has 60 valence electrons. The third kappa shape index (κ3) is 7.96. The van der Waals surface area contributed by atoms with Gasteiger partial charge in [0.1, 0.15) is 0 Å². The summed E-state index contributed by atoms with van der Waals surface area (Å²) < 4.78 is 5.05. The van der Waals surface area contributed by atoms with E-state index in [2.05, 4.69) is 13.8 Å². The smallest absolute Gasteiger partial charge is 0.0566 e. The number of hydrogen-bond acceptors (Lipinski definition) is 1. The van der Waals surface area contributed by atoms with Crippen LogP contribution in [-0.2, 0) is 4.74 Å². The van der Waals surface area contributed by atoms with Gasteiger partial charge in [-0.05, 0) is 12.8 Å². The second-order valence-corrected chi connectivity index (χ2v) is 1.67. The summed E-state index contributed by atoms with van der Waals surface area (Å²) in [6.07, 6.45) is 2.75. The minimum Gasteiger partial charge on any atom is -0.381 e. The molecule has 0 aromatic heterocycles. The fourth-order valence-electron chi connectivity index (χ4n) is 0.622. The number of methoxy groups -OCH3 is 1. The summed E-state index contributed by atoms with van der Waals surface area (Å²) in [6.45, 7) is 4.27. The van der Waals surface area contributed by atoms with Crippen molar-refractivity contribution in [2.24, 2.45) is 0 Å². The molecular formula is C8H22O. The summed E-state index contributed by atoms with van der Waals surface area (Å²) in [5, 5.41) is 0. The average molecular weight is 134 g/mol. The Labute approximate surface area is 60.4 Å². The summed E-state index contributed by atoms with van der Waals surface area (Å²) >= 11 is 0. The van der Waals surface area contributed by atoms with Gasteiger partial charge in [-0.1, -0.05) is 28.7 Å². The highest BCUT2D eigenvalue weighted by Crippen LogP contribution is 1.98. The van der Waals surface area contributed by atoms with Crippen LogP contribution >= 0.6 is 0 Å². The first-order chi connectivity index (χ1) is 3.35. The monoisotopic (exact) mass is 134 g/mol. The van der Waals surface area contributed by atoms with E-state index in [-0.39, 0.29) is 14.9 Å². The van der Waals surface area contributed by atoms with Crippen molar-refractivity contribution < 1.29 is 4.74 Å². The standard InChI is InChI=1S/C6H14O.2CH4/c1-4-6(5-2)7-3;;/h6H,4-5H2,1-3H3;2*1H4. The van der Waals surface area contributed by atoms with Crippen LogP contribution < -0.4 is 0 Å². The molecule has 1 nitrogen and oxygen atoms in total. The van der Waals surface area contributed by atoms with Crippen LogP contribution in [-0.4, -0.2) is 13.2 Å². The number of rotatable bonds is 3. The first kappa shape index (κ1) is 16.0. The molecule has 0 aliphatic heterocycles. The Morgan fingerprint density at radius 2 is 1.44 bits per heavy atom. The van der Waals surface area contributed by atoms with Crippen molar-refractivity contribution in [2.75, 3.05) is 7.11 Å². The van der Waals surface area contributed by atoms with E-state index < -0.39 is 0 Å². The third-order valence-electron chi connectivity index (χ3n) is 1.24. The van der Waals surface area contributed by atoms with Gasteiger partial charge in [0.15, 0.2) is 0 Å². The van der Waals surface area contributed by atoms with E-state index in [1.165, 1.54) is 0 Å². The first-order valence-electron chi connectivity index (χ1n) is 2.87. The van der Waals surface area contributed by atoms with E-state index in [1.54, 1.807) is 7.11 Å². The Morgan fingerprint density at radius 3 is 1.44 bits per heavy atom. The molecule has 0 N–H and O–H groups in total. The Balaban J connectivity index is -0.000000180. The fourth-order valence-corrected chi connectivity index (χ4v) is 0.622. The largest absolute Gasteiger partial charge is 0.381 e. The van der Waals surface area contributed by atoms with Crippen LogP contribution in [0.3, 0.4) is 0 Å². The van der Waals surface area contributed by atoms with Gasteiger partial charge >= 0.3 is 0 Å². The van der Waals surface area contributed by atoms with E-state index in [1.807, 2.05) is 0 Å². The maximum atomic E-state index is 5.05. The van der Waals surface area contributed by atoms with Gasteiger partial charge in [-0.3, -0.25) is 0 Å². The average Bonchev–Trinajstić information content (AvgIpc) is 1.72. The molecular weight excluding hydrogens is 112 g/mol. The lowest BCUT2D eigenvalue weighted by molar-refractivity contribution is 0.0964. The summed E-state index contributed by atoms with van der Waals surface area (Å²) in [5.74, 6) is 0. The molecule has 0 unspecified atom stereocenters. The topological polar surface area (TPSA) is 9.23 Å². The van der Waals surface area contributed by atoms with Crippen LogP contribution in [0.2, 0.25) is 0 Å². The zero-order chi connectivity index (χ0) is 5.70. The van der Waals surface area contributed by atoms with E-state index >= 15 is 0 Å². The number of hydrogen-bond donors (Lipinski definition) is 0. The lowest BCUT2D eigenvalue weighted by atomic mass is 10.2. The predicted molar refractivity (Wildman–Crippen MR) is 44.8 cm³/mol. The van der Waals surface area contributed by atoms with Gasteiger partial charge in [-0.25, -0.2) is 0 Å². The Morgan fingerprint density at radius 1 is 1.11 bits per heavy atom. The second kappa shape index (κ2) is 10.9. The van der Waals surface area contributed by atoms with Crippen molar-refractivity contribution in [3.63, 3.8) is 0 Å². The van der Waals surface area contributed by atoms with Crippen molar-refractivity contribution in [1.82, 2.24) is 0 Å². The Kier molecular flexibility index (Phi) is 19.3. The van der Waals surface area contributed by atoms with E-state index in [0.29, 0.717) is 6.10 Å². The molecule has 0 aliphatic rings. The van der Waals surface area contributed by atoms with E-state index in [0.717, 1.165) is 12.8 Å². The molecule has 0 saturated heterocycles. The summed E-state index contributed by atoms with van der Waals surface area (Å²) in [6, 6.07) is 0. The lowest BCUT2D eigenvalue weighted by Gasteiger charge is -2.07. The molecule has 0 aromatic carbocycles. The Hall–Kier alpha value is -0.0400. The molecule has 0 aliphatic carbocycles. The van der Waals surface area contributed by atoms with Crippen LogP contribution in [0, 0.1) is 0 Å². The van der Waals surface area contributed by atoms with Crippen LogP contribution in [0.1, 0.15) is 41.5 Å². The SMILES string of the molecule is C.C.CCC(CC)OC. The molecule has 0 heterocycles. The summed E-state index contributed by atoms with van der Waals surface area (Å²) in [7, 11) is 1.76. The zero-order valence-corrected chi connectivity index (χ0v) is 5.40. The molecule has 0 spiro atoms. The zero-order valence-electron chi connectivity index (χ0n) is 5.40. The molecule has 9 heavy (non-hydrogen) atoms. The van der Waals surface area contributed by atoms with Gasteiger partial charge in [0.25, 0.3) is 0 Å². The molecule has 0 aromatic rings. The van der Waals surface area contributed by atoms with Crippen molar-refractivity contribution in [2.45, 2.75) is 47.6 Å². The molecule has 0 fully saturated rings. The molecule has 0 radical (unpaired) electrons. The third-order valence-corrected chi connectivity index (χ3v) is 1.24. The fraction of sp³-hybridized carbons (Fsp3) is 1.00. The van der Waals surface area contributed by atoms with Crippen LogP contribution in [0.5, 0.6) is 0 Å². The number of ether oxygens (including phenoxy) is 1. The highest BCUT2D eigenvalue weighted by molar-refractivity contribution is 4.47. The molecule has 0 atom stereocenters. The summed E-state index contributed by atoms with van der Waals surface area (Å²) in [5.41, 5.74) is 0. The molecule has 0 saturated carbocycles. The first-order valence-corrected chi connectivity index (χ1v) is 2.87. The highest BCUT2D eigenvalue weighted by atomic mass is 16.5. The van der Waals surface area contributed by atoms with Crippen LogP contribution in [0.4, 0.5) is 0 Å². The van der Waals surface area contributed by atoms with Crippen LogP contribution in [0.25, 0.3) is 0 Å².